The average Bonchev–Trinajstić information content (AvgIpc) is 2.15. The number of carboxylic acids is 1. The minimum absolute atomic E-state index is 0.226. The highest BCUT2D eigenvalue weighted by Gasteiger charge is 2.25. The van der Waals surface area contributed by atoms with Gasteiger partial charge in [-0.1, -0.05) is 0 Å². The lowest BCUT2D eigenvalue weighted by Gasteiger charge is -2.09. The molecule has 3 N–H and O–H groups in total. The molecule has 0 saturated heterocycles. The Balaban J connectivity index is 3.41. The molecule has 0 radical (unpaired) electrons. The standard InChI is InChI=1S/C8H9O6P/c1-14-5-2-3-7(15(11,12)13)6(4-5)8(9)10/h2-4H,1H3,(H,9,10)(H2,11,12,13). The van der Waals surface area contributed by atoms with Crippen LogP contribution < -0.4 is 10.0 Å². The number of hydrogen-bond acceptors (Lipinski definition) is 3. The third-order valence-electron chi connectivity index (χ3n) is 1.75. The van der Waals surface area contributed by atoms with Gasteiger partial charge in [0.25, 0.3) is 0 Å². The van der Waals surface area contributed by atoms with Crippen molar-refractivity contribution in [1.82, 2.24) is 0 Å². The van der Waals surface area contributed by atoms with Crippen LogP contribution in [0.2, 0.25) is 0 Å². The van der Waals surface area contributed by atoms with E-state index < -0.39 is 24.4 Å². The fourth-order valence-electron chi connectivity index (χ4n) is 1.07. The van der Waals surface area contributed by atoms with Gasteiger partial charge in [0.15, 0.2) is 0 Å². The molecule has 15 heavy (non-hydrogen) atoms. The van der Waals surface area contributed by atoms with Gasteiger partial charge in [0.05, 0.1) is 18.0 Å². The highest BCUT2D eigenvalue weighted by molar-refractivity contribution is 7.60. The number of hydrogen-bond donors (Lipinski definition) is 3. The minimum Gasteiger partial charge on any atom is -0.497 e. The van der Waals surface area contributed by atoms with Crippen LogP contribution >= 0.6 is 7.60 Å². The zero-order chi connectivity index (χ0) is 11.6. The van der Waals surface area contributed by atoms with Gasteiger partial charge in [-0.15, -0.1) is 0 Å². The monoisotopic (exact) mass is 232 g/mol. The summed E-state index contributed by atoms with van der Waals surface area (Å²) in [6, 6.07) is 3.40. The Bertz CT molecular complexity index is 435. The van der Waals surface area contributed by atoms with Crippen molar-refractivity contribution in [2.24, 2.45) is 0 Å². The predicted octanol–water partition coefficient (Wildman–Crippen LogP) is 0.196. The first-order valence-electron chi connectivity index (χ1n) is 3.83. The van der Waals surface area contributed by atoms with E-state index in [0.29, 0.717) is 0 Å². The lowest BCUT2D eigenvalue weighted by atomic mass is 10.2. The number of benzene rings is 1. The van der Waals surface area contributed by atoms with Gasteiger partial charge in [-0.05, 0) is 18.2 Å². The van der Waals surface area contributed by atoms with Gasteiger partial charge in [0.1, 0.15) is 5.75 Å². The van der Waals surface area contributed by atoms with Gasteiger partial charge in [-0.3, -0.25) is 4.57 Å². The van der Waals surface area contributed by atoms with Crippen LogP contribution in [0.5, 0.6) is 5.75 Å². The Morgan fingerprint density at radius 1 is 1.40 bits per heavy atom. The van der Waals surface area contributed by atoms with E-state index in [1.165, 1.54) is 13.2 Å². The molecule has 0 aliphatic carbocycles. The first-order chi connectivity index (χ1) is 6.86. The van der Waals surface area contributed by atoms with Crippen molar-refractivity contribution in [2.75, 3.05) is 7.11 Å². The molecule has 0 bridgehead atoms. The molecule has 0 aliphatic heterocycles. The Morgan fingerprint density at radius 2 is 2.00 bits per heavy atom. The Labute approximate surface area is 85.3 Å². The zero-order valence-corrected chi connectivity index (χ0v) is 8.64. The van der Waals surface area contributed by atoms with E-state index >= 15 is 0 Å². The van der Waals surface area contributed by atoms with E-state index in [1.807, 2.05) is 0 Å². The average molecular weight is 232 g/mol. The minimum atomic E-state index is -4.58. The maximum Gasteiger partial charge on any atom is 0.357 e. The van der Waals surface area contributed by atoms with Crippen molar-refractivity contribution in [3.8, 4) is 5.75 Å². The summed E-state index contributed by atoms with van der Waals surface area (Å²) in [6.45, 7) is 0. The molecule has 1 aromatic carbocycles. The van der Waals surface area contributed by atoms with Crippen LogP contribution in [0.4, 0.5) is 0 Å². The number of aromatic carboxylic acids is 1. The van der Waals surface area contributed by atoms with Crippen molar-refractivity contribution in [1.29, 1.82) is 0 Å². The van der Waals surface area contributed by atoms with Gasteiger partial charge in [0.2, 0.25) is 0 Å². The summed E-state index contributed by atoms with van der Waals surface area (Å²) in [7, 11) is -3.24. The summed E-state index contributed by atoms with van der Waals surface area (Å²) in [4.78, 5) is 28.5. The quantitative estimate of drug-likeness (QED) is 0.643. The fraction of sp³-hybridized carbons (Fsp3) is 0.125. The molecule has 0 spiro atoms. The van der Waals surface area contributed by atoms with Gasteiger partial charge < -0.3 is 19.6 Å². The van der Waals surface area contributed by atoms with E-state index in [-0.39, 0.29) is 5.75 Å². The van der Waals surface area contributed by atoms with Crippen molar-refractivity contribution < 1.29 is 29.0 Å². The number of carbonyl (C=O) groups is 1. The first kappa shape index (κ1) is 11.7. The largest absolute Gasteiger partial charge is 0.497 e. The molecular weight excluding hydrogens is 223 g/mol. The first-order valence-corrected chi connectivity index (χ1v) is 5.45. The van der Waals surface area contributed by atoms with Crippen LogP contribution in [-0.2, 0) is 4.57 Å². The van der Waals surface area contributed by atoms with Crippen LogP contribution in [0, 0.1) is 0 Å². The van der Waals surface area contributed by atoms with Crippen LogP contribution in [0.3, 0.4) is 0 Å². The molecule has 0 aromatic heterocycles. The van der Waals surface area contributed by atoms with Gasteiger partial charge in [-0.2, -0.15) is 0 Å². The third-order valence-corrected chi connectivity index (χ3v) is 2.77. The van der Waals surface area contributed by atoms with Crippen LogP contribution in [-0.4, -0.2) is 28.0 Å². The number of ether oxygens (including phenoxy) is 1. The summed E-state index contributed by atoms with van der Waals surface area (Å²) in [5, 5.41) is 8.23. The van der Waals surface area contributed by atoms with Crippen molar-refractivity contribution in [3.05, 3.63) is 23.8 Å². The summed E-state index contributed by atoms with van der Waals surface area (Å²) in [5.74, 6) is -1.18. The van der Waals surface area contributed by atoms with Gasteiger partial charge >= 0.3 is 13.6 Å². The lowest BCUT2D eigenvalue weighted by Crippen LogP contribution is -2.15. The second-order valence-electron chi connectivity index (χ2n) is 2.73. The normalized spacial score (nSPS) is 11.1. The Hall–Kier alpha value is -1.36. The number of carboxylic acid groups (broad SMARTS) is 1. The maximum atomic E-state index is 10.9. The summed E-state index contributed by atoms with van der Waals surface area (Å²) in [6.07, 6.45) is 0. The molecule has 0 fully saturated rings. The van der Waals surface area contributed by atoms with Crippen molar-refractivity contribution in [3.63, 3.8) is 0 Å². The summed E-state index contributed by atoms with van der Waals surface area (Å²) >= 11 is 0. The Morgan fingerprint density at radius 3 is 2.40 bits per heavy atom. The molecule has 0 atom stereocenters. The van der Waals surface area contributed by atoms with E-state index in [4.69, 9.17) is 19.6 Å². The molecule has 1 rings (SSSR count). The second kappa shape index (κ2) is 4.02. The molecule has 82 valence electrons. The van der Waals surface area contributed by atoms with Crippen molar-refractivity contribution in [2.45, 2.75) is 0 Å². The van der Waals surface area contributed by atoms with E-state index in [2.05, 4.69) is 0 Å². The SMILES string of the molecule is COc1ccc(P(=O)(O)O)c(C(=O)O)c1. The molecule has 6 nitrogen and oxygen atoms in total. The van der Waals surface area contributed by atoms with E-state index in [1.54, 1.807) is 0 Å². The molecule has 0 amide bonds. The number of methoxy groups -OCH3 is 1. The van der Waals surface area contributed by atoms with E-state index in [0.717, 1.165) is 12.1 Å². The maximum absolute atomic E-state index is 10.9. The summed E-state index contributed by atoms with van der Waals surface area (Å²) in [5.41, 5.74) is -0.456. The highest BCUT2D eigenvalue weighted by atomic mass is 31.2. The van der Waals surface area contributed by atoms with Crippen LogP contribution in [0.1, 0.15) is 10.4 Å². The van der Waals surface area contributed by atoms with Gasteiger partial charge in [-0.25, -0.2) is 4.79 Å². The van der Waals surface area contributed by atoms with Crippen LogP contribution in [0.25, 0.3) is 0 Å². The molecule has 7 heteroatoms. The Kier molecular flexibility index (Phi) is 3.14. The molecule has 0 heterocycles. The van der Waals surface area contributed by atoms with Crippen molar-refractivity contribution >= 4 is 18.9 Å². The predicted molar refractivity (Wildman–Crippen MR) is 51.6 cm³/mol. The highest BCUT2D eigenvalue weighted by Crippen LogP contribution is 2.35. The second-order valence-corrected chi connectivity index (χ2v) is 4.30. The molecule has 0 unspecified atom stereocenters. The van der Waals surface area contributed by atoms with Crippen LogP contribution in [0.15, 0.2) is 18.2 Å². The molecular formula is C8H9O6P. The zero-order valence-electron chi connectivity index (χ0n) is 7.75. The van der Waals surface area contributed by atoms with E-state index in [9.17, 15) is 9.36 Å². The summed E-state index contributed by atoms with van der Waals surface area (Å²) < 4.78 is 15.7. The topological polar surface area (TPSA) is 104 Å². The fourth-order valence-corrected chi connectivity index (χ4v) is 1.81. The molecule has 0 saturated carbocycles. The number of rotatable bonds is 3. The molecule has 1 aromatic rings. The van der Waals surface area contributed by atoms with Gasteiger partial charge in [0, 0.05) is 0 Å². The lowest BCUT2D eigenvalue weighted by molar-refractivity contribution is 0.0697. The smallest absolute Gasteiger partial charge is 0.357 e. The third kappa shape index (κ3) is 2.56. The molecule has 0 aliphatic rings.